The molecule has 0 atom stereocenters. The number of aryl methyl sites for hydroxylation is 1. The summed E-state index contributed by atoms with van der Waals surface area (Å²) in [5.41, 5.74) is 7.99. The first-order valence-corrected chi connectivity index (χ1v) is 7.14. The number of carbonyl (C=O) groups excluding carboxylic acids is 2. The second-order valence-corrected chi connectivity index (χ2v) is 5.25. The highest BCUT2D eigenvalue weighted by Gasteiger charge is 2.15. The number of anilines is 2. The summed E-state index contributed by atoms with van der Waals surface area (Å²) in [6.07, 6.45) is 0.798. The Morgan fingerprint density at radius 1 is 1.33 bits per heavy atom. The van der Waals surface area contributed by atoms with Crippen LogP contribution in [-0.2, 0) is 11.3 Å². The van der Waals surface area contributed by atoms with Crippen molar-refractivity contribution in [2.45, 2.75) is 13.5 Å². The lowest BCUT2D eigenvalue weighted by Gasteiger charge is -2.06. The molecule has 0 aliphatic heterocycles. The Kier molecular flexibility index (Phi) is 3.90. The van der Waals surface area contributed by atoms with E-state index in [1.54, 1.807) is 16.7 Å². The number of ether oxygens (including phenoxy) is 1. The number of nitrogens with two attached hydrogens (primary N) is 1. The van der Waals surface area contributed by atoms with Crippen molar-refractivity contribution in [3.8, 4) is 0 Å². The van der Waals surface area contributed by atoms with Crippen LogP contribution in [0.1, 0.15) is 10.5 Å². The van der Waals surface area contributed by atoms with E-state index in [2.05, 4.69) is 20.4 Å². The molecule has 0 spiro atoms. The minimum Gasteiger partial charge on any atom is -0.453 e. The maximum atomic E-state index is 12.6. The van der Waals surface area contributed by atoms with Gasteiger partial charge in [0.15, 0.2) is 5.82 Å². The minimum atomic E-state index is -0.654. The number of amides is 1. The van der Waals surface area contributed by atoms with Gasteiger partial charge in [0.25, 0.3) is 5.91 Å². The van der Waals surface area contributed by atoms with Crippen LogP contribution in [0.25, 0.3) is 10.9 Å². The first-order valence-electron chi connectivity index (χ1n) is 7.14. The predicted molar refractivity (Wildman–Crippen MR) is 87.8 cm³/mol. The predicted octanol–water partition coefficient (Wildman–Crippen LogP) is 1.64. The van der Waals surface area contributed by atoms with E-state index in [0.717, 1.165) is 16.6 Å². The monoisotopic (exact) mass is 328 g/mol. The topological polar surface area (TPSA) is 117 Å². The fourth-order valence-corrected chi connectivity index (χ4v) is 2.50. The van der Waals surface area contributed by atoms with Gasteiger partial charge in [0.05, 0.1) is 18.8 Å². The van der Waals surface area contributed by atoms with Gasteiger partial charge in [-0.05, 0) is 31.2 Å². The number of nitrogens with zero attached hydrogens (tertiary/aromatic N) is 4. The maximum Gasteiger partial charge on any atom is 0.412 e. The minimum absolute atomic E-state index is 0.0230. The largest absolute Gasteiger partial charge is 0.453 e. The highest BCUT2D eigenvalue weighted by atomic mass is 16.5. The van der Waals surface area contributed by atoms with Gasteiger partial charge in [-0.15, -0.1) is 5.10 Å². The van der Waals surface area contributed by atoms with Crippen LogP contribution in [0, 0.1) is 6.92 Å². The molecule has 0 aliphatic carbocycles. The molecule has 0 saturated heterocycles. The zero-order chi connectivity index (χ0) is 17.3. The number of hydrogen-bond donors (Lipinski definition) is 2. The molecule has 2 aromatic heterocycles. The molecule has 0 fully saturated rings. The van der Waals surface area contributed by atoms with Gasteiger partial charge in [-0.3, -0.25) is 14.7 Å². The van der Waals surface area contributed by atoms with Crippen molar-refractivity contribution < 1.29 is 14.3 Å². The van der Waals surface area contributed by atoms with Crippen LogP contribution in [-0.4, -0.2) is 38.7 Å². The van der Waals surface area contributed by atoms with Crippen molar-refractivity contribution in [3.63, 3.8) is 0 Å². The standard InChI is InChI=1S/C15H16N6O3/c1-9-5-10-6-11(16)3-4-12(10)21(9)14(22)8-20-7-13(18-19-20)17-15(23)24-2/h3-7H,8,16H2,1-2H3,(H,17,23). The molecule has 24 heavy (non-hydrogen) atoms. The molecule has 124 valence electrons. The number of carbonyl (C=O) groups is 2. The number of fused-ring (bicyclic) bond motifs is 1. The third kappa shape index (κ3) is 2.91. The molecule has 0 radical (unpaired) electrons. The maximum absolute atomic E-state index is 12.6. The highest BCUT2D eigenvalue weighted by Crippen LogP contribution is 2.22. The molecule has 3 aromatic rings. The molecule has 3 rings (SSSR count). The lowest BCUT2D eigenvalue weighted by atomic mass is 10.2. The summed E-state index contributed by atoms with van der Waals surface area (Å²) in [7, 11) is 1.25. The fourth-order valence-electron chi connectivity index (χ4n) is 2.50. The van der Waals surface area contributed by atoms with E-state index >= 15 is 0 Å². The number of benzene rings is 1. The third-order valence-electron chi connectivity index (χ3n) is 3.51. The van der Waals surface area contributed by atoms with Crippen LogP contribution in [0.4, 0.5) is 16.3 Å². The summed E-state index contributed by atoms with van der Waals surface area (Å²) >= 11 is 0. The molecule has 9 heteroatoms. The quantitative estimate of drug-likeness (QED) is 0.706. The Morgan fingerprint density at radius 3 is 2.88 bits per heavy atom. The second kappa shape index (κ2) is 6.03. The molecule has 0 aliphatic rings. The van der Waals surface area contributed by atoms with Crippen LogP contribution in [0.2, 0.25) is 0 Å². The molecule has 0 bridgehead atoms. The van der Waals surface area contributed by atoms with E-state index in [1.165, 1.54) is 18.0 Å². The number of methoxy groups -OCH3 is 1. The van der Waals surface area contributed by atoms with Crippen molar-refractivity contribution in [3.05, 3.63) is 36.2 Å². The van der Waals surface area contributed by atoms with Gasteiger partial charge >= 0.3 is 6.09 Å². The van der Waals surface area contributed by atoms with E-state index in [4.69, 9.17) is 5.73 Å². The Morgan fingerprint density at radius 2 is 2.12 bits per heavy atom. The van der Waals surface area contributed by atoms with Crippen molar-refractivity contribution in [1.29, 1.82) is 0 Å². The van der Waals surface area contributed by atoms with Crippen LogP contribution >= 0.6 is 0 Å². The van der Waals surface area contributed by atoms with Gasteiger partial charge in [-0.1, -0.05) is 5.21 Å². The SMILES string of the molecule is COC(=O)Nc1cn(CC(=O)n2c(C)cc3cc(N)ccc32)nn1. The van der Waals surface area contributed by atoms with Gasteiger partial charge in [0.2, 0.25) is 0 Å². The molecule has 0 unspecified atom stereocenters. The summed E-state index contributed by atoms with van der Waals surface area (Å²) in [5.74, 6) is 0.0262. The van der Waals surface area contributed by atoms with Crippen molar-refractivity contribution in [2.24, 2.45) is 0 Å². The molecule has 0 saturated carbocycles. The zero-order valence-corrected chi connectivity index (χ0v) is 13.2. The molecule has 1 amide bonds. The average Bonchev–Trinajstić information content (AvgIpc) is 3.09. The summed E-state index contributed by atoms with van der Waals surface area (Å²) in [6.45, 7) is 1.82. The molecular weight excluding hydrogens is 312 g/mol. The van der Waals surface area contributed by atoms with Gasteiger partial charge in [0.1, 0.15) is 6.54 Å². The van der Waals surface area contributed by atoms with Crippen LogP contribution in [0.5, 0.6) is 0 Å². The second-order valence-electron chi connectivity index (χ2n) is 5.25. The van der Waals surface area contributed by atoms with Crippen molar-refractivity contribution in [1.82, 2.24) is 19.6 Å². The normalized spacial score (nSPS) is 10.8. The Labute approximate surface area is 137 Å². The summed E-state index contributed by atoms with van der Waals surface area (Å²) < 4.78 is 7.41. The number of nitrogens with one attached hydrogen (secondary N) is 1. The Hall–Kier alpha value is -3.36. The Balaban J connectivity index is 1.83. The van der Waals surface area contributed by atoms with Crippen LogP contribution < -0.4 is 11.1 Å². The van der Waals surface area contributed by atoms with Crippen molar-refractivity contribution in [2.75, 3.05) is 18.2 Å². The lowest BCUT2D eigenvalue weighted by molar-refractivity contribution is 0.0889. The first kappa shape index (κ1) is 15.5. The number of aromatic nitrogens is 4. The van der Waals surface area contributed by atoms with E-state index in [9.17, 15) is 9.59 Å². The van der Waals surface area contributed by atoms with Gasteiger partial charge in [-0.25, -0.2) is 9.48 Å². The van der Waals surface area contributed by atoms with Crippen molar-refractivity contribution >= 4 is 34.4 Å². The van der Waals surface area contributed by atoms with E-state index in [-0.39, 0.29) is 18.3 Å². The fraction of sp³-hybridized carbons (Fsp3) is 0.200. The highest BCUT2D eigenvalue weighted by molar-refractivity contribution is 5.94. The van der Waals surface area contributed by atoms with Gasteiger partial charge in [0, 0.05) is 16.8 Å². The van der Waals surface area contributed by atoms with Gasteiger partial charge < -0.3 is 10.5 Å². The molecule has 3 N–H and O–H groups in total. The summed E-state index contributed by atoms with van der Waals surface area (Å²) in [5, 5.41) is 10.9. The first-order chi connectivity index (χ1) is 11.5. The van der Waals surface area contributed by atoms with E-state index < -0.39 is 6.09 Å². The van der Waals surface area contributed by atoms with Gasteiger partial charge in [-0.2, -0.15) is 0 Å². The number of hydrogen-bond acceptors (Lipinski definition) is 6. The lowest BCUT2D eigenvalue weighted by Crippen LogP contribution is -2.19. The smallest absolute Gasteiger partial charge is 0.412 e. The molecule has 1 aromatic carbocycles. The van der Waals surface area contributed by atoms with E-state index in [0.29, 0.717) is 5.69 Å². The molecular formula is C15H16N6O3. The summed E-state index contributed by atoms with van der Waals surface area (Å²) in [6, 6.07) is 7.27. The molecule has 2 heterocycles. The number of rotatable bonds is 3. The van der Waals surface area contributed by atoms with E-state index in [1.807, 2.05) is 19.1 Å². The summed E-state index contributed by atoms with van der Waals surface area (Å²) in [4.78, 5) is 23.7. The number of nitrogen functional groups attached to an aromatic ring is 1. The molecule has 9 nitrogen and oxygen atoms in total. The zero-order valence-electron chi connectivity index (χ0n) is 13.2. The average molecular weight is 328 g/mol. The third-order valence-corrected chi connectivity index (χ3v) is 3.51. The van der Waals surface area contributed by atoms with Crippen LogP contribution in [0.3, 0.4) is 0 Å². The van der Waals surface area contributed by atoms with Crippen LogP contribution in [0.15, 0.2) is 30.5 Å². The Bertz CT molecular complexity index is 927.